The number of furan rings is 1. The molecule has 4 heteroatoms. The largest absolute Gasteiger partial charge is 0.451 e. The highest BCUT2D eigenvalue weighted by molar-refractivity contribution is 7.99. The van der Waals surface area contributed by atoms with Gasteiger partial charge in [-0.25, -0.2) is 0 Å². The number of halogens is 1. The Morgan fingerprint density at radius 2 is 1.95 bits per heavy atom. The number of carbonyl (C=O) groups excluding carboxylic acids is 1. The Bertz CT molecular complexity index is 790. The van der Waals surface area contributed by atoms with Crippen molar-refractivity contribution in [2.75, 3.05) is 5.75 Å². The zero-order chi connectivity index (χ0) is 14.8. The first-order valence-corrected chi connectivity index (χ1v) is 8.01. The van der Waals surface area contributed by atoms with Gasteiger partial charge in [0.05, 0.1) is 5.02 Å². The van der Waals surface area contributed by atoms with Crippen molar-refractivity contribution in [1.82, 2.24) is 0 Å². The third-order valence-electron chi connectivity index (χ3n) is 3.15. The van der Waals surface area contributed by atoms with Crippen molar-refractivity contribution in [3.63, 3.8) is 0 Å². The van der Waals surface area contributed by atoms with E-state index < -0.39 is 0 Å². The van der Waals surface area contributed by atoms with Crippen LogP contribution in [-0.4, -0.2) is 11.5 Å². The minimum atomic E-state index is -0.129. The lowest BCUT2D eigenvalue weighted by Crippen LogP contribution is -1.98. The molecule has 0 atom stereocenters. The lowest BCUT2D eigenvalue weighted by atomic mass is 10.1. The van der Waals surface area contributed by atoms with Crippen LogP contribution >= 0.6 is 23.4 Å². The van der Waals surface area contributed by atoms with Gasteiger partial charge in [0, 0.05) is 15.8 Å². The summed E-state index contributed by atoms with van der Waals surface area (Å²) in [7, 11) is 0. The molecule has 0 aliphatic rings. The van der Waals surface area contributed by atoms with E-state index in [-0.39, 0.29) is 5.78 Å². The average molecular weight is 317 g/mol. The number of para-hydroxylation sites is 1. The van der Waals surface area contributed by atoms with Gasteiger partial charge in [0.1, 0.15) is 0 Å². The van der Waals surface area contributed by atoms with Crippen molar-refractivity contribution >= 4 is 40.1 Å². The molecule has 2 aromatic carbocycles. The molecule has 0 radical (unpaired) electrons. The number of carbonyl (C=O) groups is 1. The molecule has 0 unspecified atom stereocenters. The van der Waals surface area contributed by atoms with E-state index in [4.69, 9.17) is 16.0 Å². The molecule has 0 aliphatic carbocycles. The zero-order valence-corrected chi connectivity index (χ0v) is 13.0. The molecule has 0 amide bonds. The van der Waals surface area contributed by atoms with E-state index >= 15 is 0 Å². The van der Waals surface area contributed by atoms with Gasteiger partial charge < -0.3 is 4.42 Å². The van der Waals surface area contributed by atoms with E-state index in [1.807, 2.05) is 36.4 Å². The molecule has 0 spiro atoms. The number of ketones is 1. The topological polar surface area (TPSA) is 30.2 Å². The van der Waals surface area contributed by atoms with Gasteiger partial charge >= 0.3 is 0 Å². The summed E-state index contributed by atoms with van der Waals surface area (Å²) in [5.74, 6) is 1.19. The maximum absolute atomic E-state index is 12.5. The van der Waals surface area contributed by atoms with Crippen molar-refractivity contribution in [2.45, 2.75) is 11.8 Å². The molecular formula is C17H13ClO2S. The second-order valence-electron chi connectivity index (χ2n) is 4.56. The van der Waals surface area contributed by atoms with Gasteiger partial charge in [0.15, 0.2) is 11.3 Å². The highest BCUT2D eigenvalue weighted by Crippen LogP contribution is 2.28. The predicted molar refractivity (Wildman–Crippen MR) is 87.5 cm³/mol. The summed E-state index contributed by atoms with van der Waals surface area (Å²) in [5, 5.41) is 1.35. The van der Waals surface area contributed by atoms with Crippen LogP contribution in [0.15, 0.2) is 57.8 Å². The molecule has 0 N–H and O–H groups in total. The highest BCUT2D eigenvalue weighted by Gasteiger charge is 2.15. The van der Waals surface area contributed by atoms with E-state index in [0.717, 1.165) is 16.0 Å². The number of hydrogen-bond donors (Lipinski definition) is 0. The van der Waals surface area contributed by atoms with Crippen molar-refractivity contribution in [3.8, 4) is 0 Å². The minimum absolute atomic E-state index is 0.129. The second kappa shape index (κ2) is 5.96. The van der Waals surface area contributed by atoms with Crippen molar-refractivity contribution in [2.24, 2.45) is 0 Å². The van der Waals surface area contributed by atoms with Gasteiger partial charge in [-0.05, 0) is 42.2 Å². The van der Waals surface area contributed by atoms with Crippen LogP contribution < -0.4 is 0 Å². The molecule has 0 saturated heterocycles. The van der Waals surface area contributed by atoms with E-state index in [1.165, 1.54) is 0 Å². The van der Waals surface area contributed by atoms with Gasteiger partial charge in [-0.1, -0.05) is 30.7 Å². The Labute approximate surface area is 132 Å². The van der Waals surface area contributed by atoms with Gasteiger partial charge in [-0.2, -0.15) is 0 Å². The first kappa shape index (κ1) is 14.2. The first-order valence-electron chi connectivity index (χ1n) is 6.64. The SMILES string of the molecule is CCSc1ccc(C(=O)c2cc3cccc(Cl)c3o2)cc1. The summed E-state index contributed by atoms with van der Waals surface area (Å²) in [5.41, 5.74) is 1.17. The Balaban J connectivity index is 1.94. The number of fused-ring (bicyclic) bond motifs is 1. The lowest BCUT2D eigenvalue weighted by Gasteiger charge is -2.00. The molecule has 0 saturated carbocycles. The van der Waals surface area contributed by atoms with Crippen molar-refractivity contribution in [3.05, 3.63) is 64.9 Å². The average Bonchev–Trinajstić information content (AvgIpc) is 2.93. The summed E-state index contributed by atoms with van der Waals surface area (Å²) in [4.78, 5) is 13.6. The van der Waals surface area contributed by atoms with Crippen LogP contribution in [0.5, 0.6) is 0 Å². The fourth-order valence-corrected chi connectivity index (χ4v) is 3.03. The van der Waals surface area contributed by atoms with Gasteiger partial charge in [-0.15, -0.1) is 11.8 Å². The van der Waals surface area contributed by atoms with Crippen LogP contribution in [0.2, 0.25) is 5.02 Å². The second-order valence-corrected chi connectivity index (χ2v) is 6.30. The Morgan fingerprint density at radius 3 is 2.62 bits per heavy atom. The molecule has 3 rings (SSSR count). The molecule has 0 bridgehead atoms. The monoisotopic (exact) mass is 316 g/mol. The van der Waals surface area contributed by atoms with Crippen LogP contribution in [0.25, 0.3) is 11.0 Å². The zero-order valence-electron chi connectivity index (χ0n) is 11.4. The van der Waals surface area contributed by atoms with Crippen molar-refractivity contribution < 1.29 is 9.21 Å². The lowest BCUT2D eigenvalue weighted by molar-refractivity contribution is 0.101. The van der Waals surface area contributed by atoms with Crippen LogP contribution in [0.4, 0.5) is 0 Å². The van der Waals surface area contributed by atoms with Crippen LogP contribution in [0, 0.1) is 0 Å². The first-order chi connectivity index (χ1) is 10.2. The summed E-state index contributed by atoms with van der Waals surface area (Å²) in [6.45, 7) is 2.10. The molecule has 1 aromatic heterocycles. The van der Waals surface area contributed by atoms with Crippen LogP contribution in [0.1, 0.15) is 23.0 Å². The molecule has 0 aliphatic heterocycles. The Morgan fingerprint density at radius 1 is 1.19 bits per heavy atom. The van der Waals surface area contributed by atoms with E-state index in [2.05, 4.69) is 6.92 Å². The molecule has 0 fully saturated rings. The maximum Gasteiger partial charge on any atom is 0.228 e. The summed E-state index contributed by atoms with van der Waals surface area (Å²) in [6, 6.07) is 14.8. The van der Waals surface area contributed by atoms with Gasteiger partial charge in [-0.3, -0.25) is 4.79 Å². The highest BCUT2D eigenvalue weighted by atomic mass is 35.5. The number of rotatable bonds is 4. The van der Waals surface area contributed by atoms with Crippen molar-refractivity contribution in [1.29, 1.82) is 0 Å². The van der Waals surface area contributed by atoms with Crippen LogP contribution in [0.3, 0.4) is 0 Å². The quantitative estimate of drug-likeness (QED) is 0.475. The Kier molecular flexibility index (Phi) is 4.04. The molecule has 1 heterocycles. The smallest absolute Gasteiger partial charge is 0.228 e. The van der Waals surface area contributed by atoms with Crippen LogP contribution in [-0.2, 0) is 0 Å². The molecule has 2 nitrogen and oxygen atoms in total. The van der Waals surface area contributed by atoms with E-state index in [1.54, 1.807) is 23.9 Å². The third-order valence-corrected chi connectivity index (χ3v) is 4.34. The molecular weight excluding hydrogens is 304 g/mol. The summed E-state index contributed by atoms with van der Waals surface area (Å²) >= 11 is 7.81. The number of hydrogen-bond acceptors (Lipinski definition) is 3. The normalized spacial score (nSPS) is 11.0. The van der Waals surface area contributed by atoms with Gasteiger partial charge in [0.25, 0.3) is 0 Å². The maximum atomic E-state index is 12.5. The third kappa shape index (κ3) is 2.85. The standard InChI is InChI=1S/C17H13ClO2S/c1-2-21-13-8-6-11(7-9-13)16(19)15-10-12-4-3-5-14(18)17(12)20-15/h3-10H,2H2,1H3. The van der Waals surface area contributed by atoms with Gasteiger partial charge in [0.2, 0.25) is 5.78 Å². The van der Waals surface area contributed by atoms with E-state index in [9.17, 15) is 4.79 Å². The fraction of sp³-hybridized carbons (Fsp3) is 0.118. The minimum Gasteiger partial charge on any atom is -0.451 e. The molecule has 3 aromatic rings. The molecule has 106 valence electrons. The number of thioether (sulfide) groups is 1. The summed E-state index contributed by atoms with van der Waals surface area (Å²) < 4.78 is 5.61. The number of benzene rings is 2. The predicted octanol–water partition coefficient (Wildman–Crippen LogP) is 5.43. The van der Waals surface area contributed by atoms with E-state index in [0.29, 0.717) is 21.9 Å². The summed E-state index contributed by atoms with van der Waals surface area (Å²) in [6.07, 6.45) is 0. The fourth-order valence-electron chi connectivity index (χ4n) is 2.15. The molecule has 21 heavy (non-hydrogen) atoms. The Hall–Kier alpha value is -1.71.